The molecule has 1 aromatic heterocycles. The van der Waals surface area contributed by atoms with Gasteiger partial charge < -0.3 is 4.74 Å². The maximum Gasteiger partial charge on any atom is 0.269 e. The fourth-order valence-electron chi connectivity index (χ4n) is 1.54. The third kappa shape index (κ3) is 5.10. The Kier molecular flexibility index (Phi) is 5.86. The largest absolute Gasteiger partial charge is 0.457 e. The van der Waals surface area contributed by atoms with Gasteiger partial charge in [-0.2, -0.15) is 0 Å². The molecule has 0 N–H and O–H groups in total. The number of nitro groups is 2. The van der Waals surface area contributed by atoms with Crippen LogP contribution in [0.1, 0.15) is 0 Å². The third-order valence-electron chi connectivity index (χ3n) is 2.61. The smallest absolute Gasteiger partial charge is 0.269 e. The van der Waals surface area contributed by atoms with Crippen LogP contribution in [-0.4, -0.2) is 19.4 Å². The summed E-state index contributed by atoms with van der Waals surface area (Å²) in [4.78, 5) is 19.9. The molecule has 0 saturated heterocycles. The number of aromatic nitrogens is 2. The van der Waals surface area contributed by atoms with E-state index in [1.807, 2.05) is 5.38 Å². The minimum atomic E-state index is -0.504. The summed E-state index contributed by atoms with van der Waals surface area (Å²) in [5.74, 6) is 0.832. The van der Waals surface area contributed by atoms with Crippen LogP contribution >= 0.6 is 11.5 Å². The molecule has 0 saturated carbocycles. The molecule has 0 atom stereocenters. The highest BCUT2D eigenvalue weighted by molar-refractivity contribution is 7.03. The first-order valence-corrected chi connectivity index (χ1v) is 7.27. The lowest BCUT2D eigenvalue weighted by atomic mass is 10.3. The number of rotatable bonds is 4. The van der Waals surface area contributed by atoms with E-state index in [4.69, 9.17) is 4.74 Å². The second kappa shape index (κ2) is 8.29. The van der Waals surface area contributed by atoms with Gasteiger partial charge in [0.2, 0.25) is 0 Å². The Balaban J connectivity index is 0.000000355. The van der Waals surface area contributed by atoms with Gasteiger partial charge in [0, 0.05) is 29.6 Å². The summed E-state index contributed by atoms with van der Waals surface area (Å²) in [6.45, 7) is 0. The molecule has 10 heteroatoms. The number of nitrogens with zero attached hydrogens (tertiary/aromatic N) is 4. The lowest BCUT2D eigenvalue weighted by molar-refractivity contribution is -0.385. The van der Waals surface area contributed by atoms with Gasteiger partial charge in [0.05, 0.1) is 16.0 Å². The van der Waals surface area contributed by atoms with Crippen LogP contribution in [0.2, 0.25) is 0 Å². The number of non-ortho nitro benzene ring substituents is 2. The second-order valence-electron chi connectivity index (χ2n) is 4.19. The van der Waals surface area contributed by atoms with Crippen LogP contribution in [0.3, 0.4) is 0 Å². The van der Waals surface area contributed by atoms with Gasteiger partial charge in [0.1, 0.15) is 11.5 Å². The zero-order chi connectivity index (χ0) is 17.4. The summed E-state index contributed by atoms with van der Waals surface area (Å²) in [6.07, 6.45) is 1.66. The molecular formula is C14H10N4O5S. The van der Waals surface area contributed by atoms with Gasteiger partial charge in [-0.1, -0.05) is 4.49 Å². The van der Waals surface area contributed by atoms with E-state index >= 15 is 0 Å². The van der Waals surface area contributed by atoms with Crippen molar-refractivity contribution in [3.05, 3.63) is 80.3 Å². The highest BCUT2D eigenvalue weighted by atomic mass is 32.1. The average Bonchev–Trinajstić information content (AvgIpc) is 3.15. The summed E-state index contributed by atoms with van der Waals surface area (Å²) in [5.41, 5.74) is -0.0629. The fraction of sp³-hybridized carbons (Fsp3) is 0. The molecule has 0 aliphatic rings. The van der Waals surface area contributed by atoms with Gasteiger partial charge in [0.25, 0.3) is 11.4 Å². The van der Waals surface area contributed by atoms with E-state index in [0.717, 1.165) is 0 Å². The Morgan fingerprint density at radius 1 is 0.833 bits per heavy atom. The van der Waals surface area contributed by atoms with Crippen molar-refractivity contribution in [3.8, 4) is 11.5 Å². The average molecular weight is 346 g/mol. The highest BCUT2D eigenvalue weighted by Crippen LogP contribution is 2.25. The van der Waals surface area contributed by atoms with Gasteiger partial charge >= 0.3 is 0 Å². The number of hydrogen-bond donors (Lipinski definition) is 0. The maximum atomic E-state index is 10.5. The number of nitro benzene ring substituents is 2. The van der Waals surface area contributed by atoms with Crippen LogP contribution in [0.4, 0.5) is 11.4 Å². The molecule has 0 fully saturated rings. The molecular weight excluding hydrogens is 336 g/mol. The summed E-state index contributed by atoms with van der Waals surface area (Å²) < 4.78 is 8.92. The standard InChI is InChI=1S/C12H8N2O5.C2H2N2S/c15-13(16)9-1-5-11(6-2-9)19-12-7-3-10(4-8-12)14(17)18;1-2-5-4-3-1/h1-8H;1-2H. The van der Waals surface area contributed by atoms with Crippen molar-refractivity contribution in [1.82, 2.24) is 9.59 Å². The van der Waals surface area contributed by atoms with Gasteiger partial charge in [-0.05, 0) is 35.8 Å². The van der Waals surface area contributed by atoms with Crippen molar-refractivity contribution < 1.29 is 14.6 Å². The van der Waals surface area contributed by atoms with Crippen molar-refractivity contribution in [3.63, 3.8) is 0 Å². The van der Waals surface area contributed by atoms with Crippen LogP contribution < -0.4 is 4.74 Å². The monoisotopic (exact) mass is 346 g/mol. The quantitative estimate of drug-likeness (QED) is 0.519. The van der Waals surface area contributed by atoms with Crippen LogP contribution in [0, 0.1) is 20.2 Å². The molecule has 2 aromatic carbocycles. The van der Waals surface area contributed by atoms with Crippen molar-refractivity contribution in [2.24, 2.45) is 0 Å². The molecule has 24 heavy (non-hydrogen) atoms. The molecule has 3 rings (SSSR count). The zero-order valence-corrected chi connectivity index (χ0v) is 12.8. The normalized spacial score (nSPS) is 9.50. The first-order chi connectivity index (χ1) is 11.6. The maximum absolute atomic E-state index is 10.5. The highest BCUT2D eigenvalue weighted by Gasteiger charge is 2.07. The molecule has 0 aliphatic carbocycles. The van der Waals surface area contributed by atoms with Gasteiger partial charge in [-0.15, -0.1) is 5.10 Å². The molecule has 0 radical (unpaired) electrons. The molecule has 3 aromatic rings. The summed E-state index contributed by atoms with van der Waals surface area (Å²) in [7, 11) is 0. The third-order valence-corrected chi connectivity index (χ3v) is 3.05. The molecule has 0 bridgehead atoms. The second-order valence-corrected chi connectivity index (χ2v) is 4.84. The van der Waals surface area contributed by atoms with Crippen LogP contribution in [0.25, 0.3) is 0 Å². The molecule has 0 aliphatic heterocycles. The Morgan fingerprint density at radius 2 is 1.29 bits per heavy atom. The van der Waals surface area contributed by atoms with Crippen molar-refractivity contribution in [1.29, 1.82) is 0 Å². The minimum absolute atomic E-state index is 0.0314. The SMILES string of the molecule is O=[N+]([O-])c1ccc(Oc2ccc([N+](=O)[O-])cc2)cc1.c1csnn1. The van der Waals surface area contributed by atoms with E-state index in [2.05, 4.69) is 9.59 Å². The number of benzene rings is 2. The van der Waals surface area contributed by atoms with Crippen molar-refractivity contribution >= 4 is 22.9 Å². The van der Waals surface area contributed by atoms with Crippen LogP contribution in [-0.2, 0) is 0 Å². The lowest BCUT2D eigenvalue weighted by Crippen LogP contribution is -1.89. The molecule has 0 unspecified atom stereocenters. The van der Waals surface area contributed by atoms with E-state index in [0.29, 0.717) is 11.5 Å². The molecule has 0 amide bonds. The Hall–Kier alpha value is -3.40. The van der Waals surface area contributed by atoms with Crippen LogP contribution in [0.5, 0.6) is 11.5 Å². The van der Waals surface area contributed by atoms with Gasteiger partial charge in [-0.25, -0.2) is 0 Å². The Bertz CT molecular complexity index is 718. The van der Waals surface area contributed by atoms with Crippen LogP contribution in [0.15, 0.2) is 60.1 Å². The van der Waals surface area contributed by atoms with E-state index in [1.165, 1.54) is 60.1 Å². The predicted octanol–water partition coefficient (Wildman–Crippen LogP) is 3.83. The zero-order valence-electron chi connectivity index (χ0n) is 12.0. The van der Waals surface area contributed by atoms with Gasteiger partial charge in [-0.3, -0.25) is 20.2 Å². The molecule has 122 valence electrons. The van der Waals surface area contributed by atoms with E-state index < -0.39 is 9.85 Å². The van der Waals surface area contributed by atoms with E-state index in [-0.39, 0.29) is 11.4 Å². The Morgan fingerprint density at radius 3 is 1.54 bits per heavy atom. The first-order valence-electron chi connectivity index (χ1n) is 6.44. The summed E-state index contributed by atoms with van der Waals surface area (Å²) in [6, 6.07) is 11.1. The summed E-state index contributed by atoms with van der Waals surface area (Å²) in [5, 5.41) is 26.3. The fourth-order valence-corrected chi connectivity index (χ4v) is 1.82. The number of ether oxygens (including phenoxy) is 1. The topological polar surface area (TPSA) is 121 Å². The predicted molar refractivity (Wildman–Crippen MR) is 86.2 cm³/mol. The number of hydrogen-bond acceptors (Lipinski definition) is 8. The van der Waals surface area contributed by atoms with Crippen molar-refractivity contribution in [2.45, 2.75) is 0 Å². The van der Waals surface area contributed by atoms with E-state index in [9.17, 15) is 20.2 Å². The minimum Gasteiger partial charge on any atom is -0.457 e. The van der Waals surface area contributed by atoms with Crippen molar-refractivity contribution in [2.75, 3.05) is 0 Å². The molecule has 1 heterocycles. The Labute approximate surface area is 139 Å². The van der Waals surface area contributed by atoms with E-state index in [1.54, 1.807) is 6.20 Å². The first kappa shape index (κ1) is 17.0. The molecule has 9 nitrogen and oxygen atoms in total. The van der Waals surface area contributed by atoms with Gasteiger partial charge in [0.15, 0.2) is 0 Å². The lowest BCUT2D eigenvalue weighted by Gasteiger charge is -2.04. The molecule has 0 spiro atoms. The summed E-state index contributed by atoms with van der Waals surface area (Å²) >= 11 is 1.35.